The molecule has 0 fully saturated rings. The van der Waals surface area contributed by atoms with Gasteiger partial charge in [-0.1, -0.05) is 24.9 Å². The summed E-state index contributed by atoms with van der Waals surface area (Å²) >= 11 is 5.75. The second-order valence-electron chi connectivity index (χ2n) is 4.10. The normalized spacial score (nSPS) is 12.4. The van der Waals surface area contributed by atoms with Gasteiger partial charge in [-0.15, -0.1) is 0 Å². The van der Waals surface area contributed by atoms with Crippen molar-refractivity contribution >= 4 is 17.3 Å². The molecule has 0 radical (unpaired) electrons. The van der Waals surface area contributed by atoms with Crippen molar-refractivity contribution in [3.8, 4) is 0 Å². The lowest BCUT2D eigenvalue weighted by molar-refractivity contribution is -0.385. The van der Waals surface area contributed by atoms with Crippen LogP contribution in [0.5, 0.6) is 0 Å². The summed E-state index contributed by atoms with van der Waals surface area (Å²) < 4.78 is 0. The zero-order valence-electron chi connectivity index (χ0n) is 10.1. The Kier molecular flexibility index (Phi) is 5.38. The molecule has 0 heterocycles. The third-order valence-electron chi connectivity index (χ3n) is 2.61. The fraction of sp³-hybridized carbons (Fsp3) is 0.500. The highest BCUT2D eigenvalue weighted by Gasteiger charge is 2.14. The summed E-state index contributed by atoms with van der Waals surface area (Å²) in [6.45, 7) is 4.68. The van der Waals surface area contributed by atoms with E-state index in [9.17, 15) is 10.1 Å². The molecule has 0 aliphatic heterocycles. The van der Waals surface area contributed by atoms with Gasteiger partial charge < -0.3 is 5.32 Å². The van der Waals surface area contributed by atoms with Crippen LogP contribution in [0.1, 0.15) is 32.3 Å². The maximum absolute atomic E-state index is 10.9. The predicted octanol–water partition coefficient (Wildman–Crippen LogP) is 3.53. The molecule has 0 saturated carbocycles. The Morgan fingerprint density at radius 2 is 2.24 bits per heavy atom. The third kappa shape index (κ3) is 4.32. The van der Waals surface area contributed by atoms with E-state index in [4.69, 9.17) is 11.6 Å². The van der Waals surface area contributed by atoms with Gasteiger partial charge in [-0.25, -0.2) is 0 Å². The van der Waals surface area contributed by atoms with Gasteiger partial charge in [-0.3, -0.25) is 10.1 Å². The molecule has 1 atom stereocenters. The fourth-order valence-electron chi connectivity index (χ4n) is 1.68. The van der Waals surface area contributed by atoms with Crippen molar-refractivity contribution in [3.63, 3.8) is 0 Å². The van der Waals surface area contributed by atoms with E-state index in [-0.39, 0.29) is 5.69 Å². The first-order valence-corrected chi connectivity index (χ1v) is 6.08. The van der Waals surface area contributed by atoms with Crippen LogP contribution in [0.3, 0.4) is 0 Å². The molecular formula is C12H17ClN2O2. The van der Waals surface area contributed by atoms with Crippen LogP contribution >= 0.6 is 11.6 Å². The Morgan fingerprint density at radius 3 is 2.82 bits per heavy atom. The van der Waals surface area contributed by atoms with Gasteiger partial charge in [-0.05, 0) is 25.5 Å². The SMILES string of the molecule is CCCC(C)NCc1ccc(Cl)cc1[N+](=O)[O-]. The number of nitro benzene ring substituents is 1. The minimum atomic E-state index is -0.395. The lowest BCUT2D eigenvalue weighted by Crippen LogP contribution is -2.25. The molecule has 17 heavy (non-hydrogen) atoms. The van der Waals surface area contributed by atoms with E-state index in [0.29, 0.717) is 23.2 Å². The summed E-state index contributed by atoms with van der Waals surface area (Å²) in [5, 5.41) is 14.5. The van der Waals surface area contributed by atoms with Crippen LogP contribution < -0.4 is 5.32 Å². The summed E-state index contributed by atoms with van der Waals surface area (Å²) in [7, 11) is 0. The molecule has 0 spiro atoms. The number of nitrogens with one attached hydrogen (secondary N) is 1. The quantitative estimate of drug-likeness (QED) is 0.626. The lowest BCUT2D eigenvalue weighted by Gasteiger charge is -2.12. The summed E-state index contributed by atoms with van der Waals surface area (Å²) in [5.74, 6) is 0. The summed E-state index contributed by atoms with van der Waals surface area (Å²) in [6, 6.07) is 5.13. The second kappa shape index (κ2) is 6.57. The first-order chi connectivity index (χ1) is 8.04. The predicted molar refractivity (Wildman–Crippen MR) is 69.3 cm³/mol. The number of halogens is 1. The Balaban J connectivity index is 2.73. The van der Waals surface area contributed by atoms with Crippen LogP contribution in [0.25, 0.3) is 0 Å². The molecule has 0 bridgehead atoms. The van der Waals surface area contributed by atoms with Crippen LogP contribution in [0, 0.1) is 10.1 Å². The summed E-state index contributed by atoms with van der Waals surface area (Å²) in [4.78, 5) is 10.5. The average Bonchev–Trinajstić information content (AvgIpc) is 2.27. The van der Waals surface area contributed by atoms with E-state index < -0.39 is 4.92 Å². The van der Waals surface area contributed by atoms with Crippen LogP contribution in [-0.4, -0.2) is 11.0 Å². The molecule has 1 unspecified atom stereocenters. The molecule has 0 aliphatic rings. The standard InChI is InChI=1S/C12H17ClN2O2/c1-3-4-9(2)14-8-10-5-6-11(13)7-12(10)15(16)17/h5-7,9,14H,3-4,8H2,1-2H3. The van der Waals surface area contributed by atoms with Crippen molar-refractivity contribution in [1.82, 2.24) is 5.32 Å². The van der Waals surface area contributed by atoms with Crippen molar-refractivity contribution < 1.29 is 4.92 Å². The molecule has 5 heteroatoms. The number of rotatable bonds is 6. The smallest absolute Gasteiger partial charge is 0.275 e. The largest absolute Gasteiger partial charge is 0.310 e. The van der Waals surface area contributed by atoms with E-state index in [0.717, 1.165) is 12.8 Å². The first kappa shape index (κ1) is 13.9. The molecular weight excluding hydrogens is 240 g/mol. The van der Waals surface area contributed by atoms with Gasteiger partial charge in [0.15, 0.2) is 0 Å². The van der Waals surface area contributed by atoms with Gasteiger partial charge in [0.25, 0.3) is 5.69 Å². The van der Waals surface area contributed by atoms with Gasteiger partial charge in [0.2, 0.25) is 0 Å². The Labute approximate surface area is 106 Å². The highest BCUT2D eigenvalue weighted by atomic mass is 35.5. The van der Waals surface area contributed by atoms with Crippen LogP contribution in [-0.2, 0) is 6.54 Å². The highest BCUT2D eigenvalue weighted by Crippen LogP contribution is 2.23. The molecule has 0 aromatic heterocycles. The summed E-state index contributed by atoms with van der Waals surface area (Å²) in [5.41, 5.74) is 0.746. The van der Waals surface area contributed by atoms with Crippen molar-refractivity contribution in [1.29, 1.82) is 0 Å². The molecule has 4 nitrogen and oxygen atoms in total. The van der Waals surface area contributed by atoms with Crippen molar-refractivity contribution in [2.24, 2.45) is 0 Å². The average molecular weight is 257 g/mol. The maximum atomic E-state index is 10.9. The van der Waals surface area contributed by atoms with Crippen LogP contribution in [0.2, 0.25) is 5.02 Å². The molecule has 0 saturated heterocycles. The lowest BCUT2D eigenvalue weighted by atomic mass is 10.1. The van der Waals surface area contributed by atoms with Crippen LogP contribution in [0.15, 0.2) is 18.2 Å². The van der Waals surface area contributed by atoms with E-state index in [1.54, 1.807) is 12.1 Å². The van der Waals surface area contributed by atoms with Gasteiger partial charge in [0, 0.05) is 29.2 Å². The third-order valence-corrected chi connectivity index (χ3v) is 2.84. The topological polar surface area (TPSA) is 55.2 Å². The zero-order chi connectivity index (χ0) is 12.8. The van der Waals surface area contributed by atoms with E-state index in [2.05, 4.69) is 19.2 Å². The van der Waals surface area contributed by atoms with E-state index >= 15 is 0 Å². The van der Waals surface area contributed by atoms with Gasteiger partial charge in [0.05, 0.1) is 4.92 Å². The highest BCUT2D eigenvalue weighted by molar-refractivity contribution is 6.30. The number of nitro groups is 1. The van der Waals surface area contributed by atoms with Crippen molar-refractivity contribution in [2.75, 3.05) is 0 Å². The number of benzene rings is 1. The van der Waals surface area contributed by atoms with Crippen molar-refractivity contribution in [3.05, 3.63) is 38.9 Å². The molecule has 1 rings (SSSR count). The first-order valence-electron chi connectivity index (χ1n) is 5.70. The molecule has 0 amide bonds. The number of hydrogen-bond acceptors (Lipinski definition) is 3. The minimum Gasteiger partial charge on any atom is -0.310 e. The Bertz CT molecular complexity index is 396. The number of nitrogens with zero attached hydrogens (tertiary/aromatic N) is 1. The Hall–Kier alpha value is -1.13. The van der Waals surface area contributed by atoms with E-state index in [1.807, 2.05) is 0 Å². The molecule has 0 aliphatic carbocycles. The molecule has 94 valence electrons. The summed E-state index contributed by atoms with van der Waals surface area (Å²) in [6.07, 6.45) is 2.15. The minimum absolute atomic E-state index is 0.0775. The Morgan fingerprint density at radius 1 is 1.53 bits per heavy atom. The van der Waals surface area contributed by atoms with E-state index in [1.165, 1.54) is 6.07 Å². The van der Waals surface area contributed by atoms with Gasteiger partial charge >= 0.3 is 0 Å². The van der Waals surface area contributed by atoms with Crippen LogP contribution in [0.4, 0.5) is 5.69 Å². The zero-order valence-corrected chi connectivity index (χ0v) is 10.8. The maximum Gasteiger partial charge on any atom is 0.275 e. The molecule has 1 N–H and O–H groups in total. The molecule has 1 aromatic rings. The van der Waals surface area contributed by atoms with Crippen molar-refractivity contribution in [2.45, 2.75) is 39.3 Å². The second-order valence-corrected chi connectivity index (χ2v) is 4.54. The van der Waals surface area contributed by atoms with Gasteiger partial charge in [-0.2, -0.15) is 0 Å². The van der Waals surface area contributed by atoms with Gasteiger partial charge in [0.1, 0.15) is 0 Å². The molecule has 1 aromatic carbocycles. The fourth-order valence-corrected chi connectivity index (χ4v) is 1.84. The monoisotopic (exact) mass is 256 g/mol. The number of hydrogen-bond donors (Lipinski definition) is 1.